The number of hydrogen-bond donors (Lipinski definition) is 2. The number of nitrogens with zero attached hydrogens (tertiary/aromatic N) is 3. The van der Waals surface area contributed by atoms with Crippen LogP contribution in [0.5, 0.6) is 11.5 Å². The second kappa shape index (κ2) is 7.83. The molecule has 0 amide bonds. The van der Waals surface area contributed by atoms with Gasteiger partial charge in [0.15, 0.2) is 11.5 Å². The SMILES string of the molecule is CNc1nc(N)nc(C)c1-c1ccc(OC)c(OCC2CN(CC3CC3)C2)c1. The van der Waals surface area contributed by atoms with E-state index < -0.39 is 0 Å². The Hall–Kier alpha value is -2.54. The lowest BCUT2D eigenvalue weighted by Crippen LogP contribution is -2.49. The summed E-state index contributed by atoms with van der Waals surface area (Å²) in [5.74, 6) is 3.98. The fourth-order valence-corrected chi connectivity index (χ4v) is 3.87. The van der Waals surface area contributed by atoms with E-state index in [4.69, 9.17) is 15.2 Å². The van der Waals surface area contributed by atoms with Crippen LogP contribution in [0.25, 0.3) is 11.1 Å². The molecule has 3 N–H and O–H groups in total. The molecule has 150 valence electrons. The van der Waals surface area contributed by atoms with Crippen LogP contribution in [0.15, 0.2) is 18.2 Å². The Kier molecular flexibility index (Phi) is 5.26. The number of benzene rings is 1. The molecule has 0 spiro atoms. The summed E-state index contributed by atoms with van der Waals surface area (Å²) in [6.45, 7) is 6.16. The molecule has 0 unspecified atom stereocenters. The quantitative estimate of drug-likeness (QED) is 0.725. The predicted octanol–water partition coefficient (Wildman–Crippen LogP) is 2.81. The Bertz CT molecular complexity index is 847. The van der Waals surface area contributed by atoms with Crippen molar-refractivity contribution in [2.75, 3.05) is 51.4 Å². The number of nitrogen functional groups attached to an aromatic ring is 1. The van der Waals surface area contributed by atoms with E-state index in [1.165, 1.54) is 19.4 Å². The Morgan fingerprint density at radius 2 is 1.96 bits per heavy atom. The van der Waals surface area contributed by atoms with Gasteiger partial charge in [-0.25, -0.2) is 4.98 Å². The monoisotopic (exact) mass is 383 g/mol. The summed E-state index contributed by atoms with van der Waals surface area (Å²) in [6, 6.07) is 5.93. The second-order valence-corrected chi connectivity index (χ2v) is 7.85. The fraction of sp³-hybridized carbons (Fsp3) is 0.524. The maximum Gasteiger partial charge on any atom is 0.222 e. The van der Waals surface area contributed by atoms with Crippen molar-refractivity contribution in [1.29, 1.82) is 0 Å². The Morgan fingerprint density at radius 3 is 2.64 bits per heavy atom. The van der Waals surface area contributed by atoms with Crippen molar-refractivity contribution in [1.82, 2.24) is 14.9 Å². The molecule has 1 aliphatic carbocycles. The highest BCUT2D eigenvalue weighted by molar-refractivity contribution is 5.79. The van der Waals surface area contributed by atoms with Crippen LogP contribution in [-0.4, -0.2) is 55.3 Å². The summed E-state index contributed by atoms with van der Waals surface area (Å²) in [5, 5.41) is 3.11. The van der Waals surface area contributed by atoms with E-state index in [9.17, 15) is 0 Å². The maximum absolute atomic E-state index is 6.16. The molecule has 4 rings (SSSR count). The topological polar surface area (TPSA) is 85.5 Å². The standard InChI is InChI=1S/C21H29N5O2/c1-13-19(20(23-2)25-21(22)24-13)16-6-7-17(27-3)18(8-16)28-12-15-10-26(11-15)9-14-4-5-14/h6-8,14-15H,4-5,9-12H2,1-3H3,(H3,22,23,24,25). The van der Waals surface area contributed by atoms with Gasteiger partial charge in [0.25, 0.3) is 0 Å². The van der Waals surface area contributed by atoms with E-state index >= 15 is 0 Å². The van der Waals surface area contributed by atoms with Gasteiger partial charge in [-0.2, -0.15) is 4.98 Å². The summed E-state index contributed by atoms with van der Waals surface area (Å²) in [7, 11) is 3.49. The van der Waals surface area contributed by atoms with Crippen molar-refractivity contribution in [2.45, 2.75) is 19.8 Å². The molecule has 28 heavy (non-hydrogen) atoms. The van der Waals surface area contributed by atoms with Gasteiger partial charge in [0.2, 0.25) is 5.95 Å². The first-order valence-corrected chi connectivity index (χ1v) is 9.92. The number of aromatic nitrogens is 2. The largest absolute Gasteiger partial charge is 0.493 e. The molecule has 2 heterocycles. The van der Waals surface area contributed by atoms with Crippen LogP contribution in [0.3, 0.4) is 0 Å². The third kappa shape index (κ3) is 3.99. The number of anilines is 2. The molecule has 7 heteroatoms. The van der Waals surface area contributed by atoms with E-state index in [1.807, 2.05) is 32.2 Å². The van der Waals surface area contributed by atoms with Crippen LogP contribution < -0.4 is 20.5 Å². The second-order valence-electron chi connectivity index (χ2n) is 7.85. The summed E-state index contributed by atoms with van der Waals surface area (Å²) < 4.78 is 11.7. The molecule has 2 aromatic rings. The molecular weight excluding hydrogens is 354 g/mol. The Labute approximate surface area is 166 Å². The Balaban J connectivity index is 1.49. The van der Waals surface area contributed by atoms with E-state index in [2.05, 4.69) is 20.2 Å². The third-order valence-electron chi connectivity index (χ3n) is 5.52. The van der Waals surface area contributed by atoms with Crippen LogP contribution >= 0.6 is 0 Å². The normalized spacial score (nSPS) is 17.2. The van der Waals surface area contributed by atoms with Crippen molar-refractivity contribution in [3.8, 4) is 22.6 Å². The summed E-state index contributed by atoms with van der Waals surface area (Å²) in [6.07, 6.45) is 2.81. The number of ether oxygens (including phenoxy) is 2. The first-order chi connectivity index (χ1) is 13.6. The zero-order chi connectivity index (χ0) is 19.7. The van der Waals surface area contributed by atoms with Crippen LogP contribution in [-0.2, 0) is 0 Å². The summed E-state index contributed by atoms with van der Waals surface area (Å²) >= 11 is 0. The van der Waals surface area contributed by atoms with Gasteiger partial charge in [-0.15, -0.1) is 0 Å². The zero-order valence-electron chi connectivity index (χ0n) is 16.9. The van der Waals surface area contributed by atoms with Gasteiger partial charge in [0, 0.05) is 38.2 Å². The smallest absolute Gasteiger partial charge is 0.222 e. The number of likely N-dealkylation sites (tertiary alicyclic amines) is 1. The zero-order valence-corrected chi connectivity index (χ0v) is 16.9. The number of methoxy groups -OCH3 is 1. The van der Waals surface area contributed by atoms with Gasteiger partial charge < -0.3 is 25.4 Å². The van der Waals surface area contributed by atoms with Crippen LogP contribution in [0, 0.1) is 18.8 Å². The molecule has 1 aromatic carbocycles. The van der Waals surface area contributed by atoms with Gasteiger partial charge in [-0.3, -0.25) is 0 Å². The first-order valence-electron chi connectivity index (χ1n) is 9.92. The van der Waals surface area contributed by atoms with Crippen LogP contribution in [0.1, 0.15) is 18.5 Å². The van der Waals surface area contributed by atoms with Gasteiger partial charge in [0.1, 0.15) is 5.82 Å². The molecule has 2 aliphatic rings. The predicted molar refractivity (Wildman–Crippen MR) is 111 cm³/mol. The van der Waals surface area contributed by atoms with Crippen molar-refractivity contribution in [3.05, 3.63) is 23.9 Å². The highest BCUT2D eigenvalue weighted by Crippen LogP contribution is 2.37. The molecule has 1 aliphatic heterocycles. The van der Waals surface area contributed by atoms with Gasteiger partial charge in [-0.05, 0) is 43.4 Å². The van der Waals surface area contributed by atoms with Crippen LogP contribution in [0.2, 0.25) is 0 Å². The van der Waals surface area contributed by atoms with E-state index in [0.717, 1.165) is 47.3 Å². The van der Waals surface area contributed by atoms with E-state index in [0.29, 0.717) is 18.3 Å². The highest BCUT2D eigenvalue weighted by atomic mass is 16.5. The van der Waals surface area contributed by atoms with Crippen molar-refractivity contribution >= 4 is 11.8 Å². The van der Waals surface area contributed by atoms with Crippen molar-refractivity contribution < 1.29 is 9.47 Å². The van der Waals surface area contributed by atoms with E-state index in [-0.39, 0.29) is 5.95 Å². The minimum Gasteiger partial charge on any atom is -0.493 e. The lowest BCUT2D eigenvalue weighted by Gasteiger charge is -2.39. The van der Waals surface area contributed by atoms with Crippen molar-refractivity contribution in [3.63, 3.8) is 0 Å². The van der Waals surface area contributed by atoms with Gasteiger partial charge in [0.05, 0.1) is 19.4 Å². The number of nitrogens with one attached hydrogen (secondary N) is 1. The minimum absolute atomic E-state index is 0.260. The van der Waals surface area contributed by atoms with E-state index in [1.54, 1.807) is 7.11 Å². The molecule has 2 fully saturated rings. The molecule has 0 bridgehead atoms. The van der Waals surface area contributed by atoms with Crippen molar-refractivity contribution in [2.24, 2.45) is 11.8 Å². The maximum atomic E-state index is 6.16. The summed E-state index contributed by atoms with van der Waals surface area (Å²) in [5.41, 5.74) is 8.51. The third-order valence-corrected chi connectivity index (χ3v) is 5.52. The molecule has 1 saturated heterocycles. The summed E-state index contributed by atoms with van der Waals surface area (Å²) in [4.78, 5) is 11.2. The molecule has 1 aromatic heterocycles. The number of nitrogens with two attached hydrogens (primary N) is 1. The lowest BCUT2D eigenvalue weighted by atomic mass is 10.0. The fourth-order valence-electron chi connectivity index (χ4n) is 3.87. The number of rotatable bonds is 8. The molecule has 0 atom stereocenters. The highest BCUT2D eigenvalue weighted by Gasteiger charge is 2.32. The Morgan fingerprint density at radius 1 is 1.18 bits per heavy atom. The molecule has 1 saturated carbocycles. The molecule has 7 nitrogen and oxygen atoms in total. The first kappa shape index (κ1) is 18.8. The average Bonchev–Trinajstić information content (AvgIpc) is 3.46. The number of aryl methyl sites for hydroxylation is 1. The average molecular weight is 383 g/mol. The molecular formula is C21H29N5O2. The lowest BCUT2D eigenvalue weighted by molar-refractivity contribution is 0.0575. The number of hydrogen-bond acceptors (Lipinski definition) is 7. The molecule has 0 radical (unpaired) electrons. The van der Waals surface area contributed by atoms with Crippen LogP contribution in [0.4, 0.5) is 11.8 Å². The van der Waals surface area contributed by atoms with Gasteiger partial charge >= 0.3 is 0 Å². The van der Waals surface area contributed by atoms with Gasteiger partial charge in [-0.1, -0.05) is 6.07 Å². The minimum atomic E-state index is 0.260.